The number of hydrogen-bond donors (Lipinski definition) is 0. The zero-order valence-corrected chi connectivity index (χ0v) is 24.7. The van der Waals surface area contributed by atoms with Gasteiger partial charge in [-0.1, -0.05) is 6.07 Å². The van der Waals surface area contributed by atoms with Gasteiger partial charge in [0.2, 0.25) is 5.91 Å². The molecule has 13 heteroatoms. The van der Waals surface area contributed by atoms with Gasteiger partial charge in [0.15, 0.2) is 0 Å². The van der Waals surface area contributed by atoms with E-state index in [0.29, 0.717) is 56.6 Å². The van der Waals surface area contributed by atoms with Gasteiger partial charge in [-0.05, 0) is 80.1 Å². The van der Waals surface area contributed by atoms with Crippen molar-refractivity contribution in [3.05, 3.63) is 70.0 Å². The number of urea groups is 1. The Labute approximate surface area is 251 Å². The lowest BCUT2D eigenvalue weighted by Gasteiger charge is -2.48. The van der Waals surface area contributed by atoms with Crippen LogP contribution in [0.2, 0.25) is 0 Å². The Kier molecular flexibility index (Phi) is 8.65. The molecule has 2 aromatic carbocycles. The molecule has 240 valence electrons. The molecule has 3 fully saturated rings. The summed E-state index contributed by atoms with van der Waals surface area (Å²) in [7, 11) is 1.36. The lowest BCUT2D eigenvalue weighted by atomic mass is 9.88. The van der Waals surface area contributed by atoms with Gasteiger partial charge in [0.1, 0.15) is 5.82 Å². The van der Waals surface area contributed by atoms with Gasteiger partial charge in [-0.2, -0.15) is 26.3 Å². The molecule has 6 nitrogen and oxygen atoms in total. The van der Waals surface area contributed by atoms with E-state index in [9.17, 15) is 40.3 Å². The van der Waals surface area contributed by atoms with E-state index in [2.05, 4.69) is 4.90 Å². The van der Waals surface area contributed by atoms with Crippen molar-refractivity contribution in [3.63, 3.8) is 0 Å². The normalized spacial score (nSPS) is 24.0. The van der Waals surface area contributed by atoms with Crippen LogP contribution in [-0.4, -0.2) is 76.8 Å². The second-order valence-corrected chi connectivity index (χ2v) is 12.1. The number of carbonyl (C=O) groups excluding carboxylic acids is 2. The van der Waals surface area contributed by atoms with Crippen molar-refractivity contribution in [2.75, 3.05) is 33.2 Å². The minimum atomic E-state index is -5.01. The van der Waals surface area contributed by atoms with Gasteiger partial charge >= 0.3 is 18.4 Å². The second-order valence-electron chi connectivity index (χ2n) is 12.1. The highest BCUT2D eigenvalue weighted by Crippen LogP contribution is 2.40. The van der Waals surface area contributed by atoms with Crippen molar-refractivity contribution in [1.82, 2.24) is 19.6 Å². The summed E-state index contributed by atoms with van der Waals surface area (Å²) in [6.45, 7) is 5.43. The average molecular weight is 629 g/mol. The number of aryl methyl sites for hydroxylation is 1. The minimum Gasteiger partial charge on any atom is -0.337 e. The van der Waals surface area contributed by atoms with Gasteiger partial charge in [0, 0.05) is 51.7 Å². The number of piperidine rings is 1. The fraction of sp³-hybridized carbons (Fsp3) is 0.548. The molecule has 3 aliphatic heterocycles. The summed E-state index contributed by atoms with van der Waals surface area (Å²) < 4.78 is 95.2. The summed E-state index contributed by atoms with van der Waals surface area (Å²) in [6.07, 6.45) is -7.60. The lowest BCUT2D eigenvalue weighted by molar-refractivity contribution is -0.143. The third-order valence-corrected chi connectivity index (χ3v) is 9.43. The Morgan fingerprint density at radius 1 is 0.932 bits per heavy atom. The van der Waals surface area contributed by atoms with Crippen molar-refractivity contribution in [2.45, 2.75) is 76.1 Å². The molecule has 4 atom stereocenters. The number of halogens is 7. The van der Waals surface area contributed by atoms with E-state index in [-0.39, 0.29) is 36.2 Å². The fourth-order valence-electron chi connectivity index (χ4n) is 6.85. The third-order valence-electron chi connectivity index (χ3n) is 9.43. The molecule has 3 heterocycles. The van der Waals surface area contributed by atoms with Crippen LogP contribution in [0.15, 0.2) is 36.4 Å². The molecule has 0 N–H and O–H groups in total. The zero-order valence-electron chi connectivity index (χ0n) is 24.7. The molecule has 5 rings (SSSR count). The molecule has 3 amide bonds. The van der Waals surface area contributed by atoms with Crippen molar-refractivity contribution in [1.29, 1.82) is 0 Å². The van der Waals surface area contributed by atoms with Crippen LogP contribution in [0.25, 0.3) is 0 Å². The summed E-state index contributed by atoms with van der Waals surface area (Å²) in [4.78, 5) is 33.2. The highest BCUT2D eigenvalue weighted by molar-refractivity contribution is 5.79. The smallest absolute Gasteiger partial charge is 0.337 e. The van der Waals surface area contributed by atoms with E-state index in [1.54, 1.807) is 17.9 Å². The van der Waals surface area contributed by atoms with Gasteiger partial charge in [-0.25, -0.2) is 9.18 Å². The number of nitrogens with zero attached hydrogens (tertiary/aromatic N) is 4. The Hall–Kier alpha value is -3.35. The molecule has 0 spiro atoms. The summed E-state index contributed by atoms with van der Waals surface area (Å²) >= 11 is 0. The summed E-state index contributed by atoms with van der Waals surface area (Å²) in [5.74, 6) is -0.274. The Balaban J connectivity index is 1.42. The maximum atomic E-state index is 14.1. The first-order chi connectivity index (χ1) is 20.5. The van der Waals surface area contributed by atoms with Crippen LogP contribution in [0.4, 0.5) is 35.5 Å². The molecular formula is C31H35F7N4O2. The van der Waals surface area contributed by atoms with Crippen LogP contribution in [0, 0.1) is 12.7 Å². The molecule has 0 unspecified atom stereocenters. The molecule has 3 aliphatic rings. The van der Waals surface area contributed by atoms with Crippen LogP contribution < -0.4 is 0 Å². The summed E-state index contributed by atoms with van der Waals surface area (Å²) in [6, 6.07) is 3.68. The molecular weight excluding hydrogens is 593 g/mol. The second kappa shape index (κ2) is 11.9. The quantitative estimate of drug-likeness (QED) is 0.350. The lowest BCUT2D eigenvalue weighted by Crippen LogP contribution is -2.57. The van der Waals surface area contributed by atoms with Crippen LogP contribution in [0.1, 0.15) is 72.5 Å². The van der Waals surface area contributed by atoms with Crippen molar-refractivity contribution in [2.24, 2.45) is 0 Å². The largest absolute Gasteiger partial charge is 0.416 e. The molecule has 3 saturated heterocycles. The number of piperazine rings is 1. The number of alkyl halides is 6. The van der Waals surface area contributed by atoms with Crippen LogP contribution in [0.5, 0.6) is 0 Å². The predicted molar refractivity (Wildman–Crippen MR) is 148 cm³/mol. The van der Waals surface area contributed by atoms with E-state index in [4.69, 9.17) is 0 Å². The van der Waals surface area contributed by atoms with E-state index in [0.717, 1.165) is 16.9 Å². The molecule has 0 aliphatic carbocycles. The van der Waals surface area contributed by atoms with E-state index in [1.165, 1.54) is 26.1 Å². The first-order valence-corrected chi connectivity index (χ1v) is 14.7. The molecule has 2 aromatic rings. The topological polar surface area (TPSA) is 47.1 Å². The number of carbonyl (C=O) groups is 2. The maximum Gasteiger partial charge on any atom is 0.416 e. The number of likely N-dealkylation sites (tertiary alicyclic amines) is 1. The van der Waals surface area contributed by atoms with Crippen molar-refractivity contribution >= 4 is 11.9 Å². The van der Waals surface area contributed by atoms with Gasteiger partial charge < -0.3 is 14.7 Å². The molecule has 0 aromatic heterocycles. The Morgan fingerprint density at radius 2 is 1.59 bits per heavy atom. The van der Waals surface area contributed by atoms with Crippen LogP contribution >= 0.6 is 0 Å². The Morgan fingerprint density at radius 3 is 2.20 bits per heavy atom. The van der Waals surface area contributed by atoms with Crippen LogP contribution in [0.3, 0.4) is 0 Å². The average Bonchev–Trinajstić information content (AvgIpc) is 3.34. The first-order valence-electron chi connectivity index (χ1n) is 14.7. The molecule has 0 bridgehead atoms. The summed E-state index contributed by atoms with van der Waals surface area (Å²) in [5, 5.41) is 0. The fourth-order valence-corrected chi connectivity index (χ4v) is 6.85. The first kappa shape index (κ1) is 32.1. The molecule has 0 saturated carbocycles. The highest BCUT2D eigenvalue weighted by Gasteiger charge is 2.43. The van der Waals surface area contributed by atoms with E-state index >= 15 is 0 Å². The predicted octanol–water partition coefficient (Wildman–Crippen LogP) is 6.80. The van der Waals surface area contributed by atoms with Gasteiger partial charge in [-0.15, -0.1) is 0 Å². The van der Waals surface area contributed by atoms with Crippen LogP contribution in [-0.2, 0) is 17.1 Å². The third kappa shape index (κ3) is 6.38. The van der Waals surface area contributed by atoms with E-state index in [1.807, 2.05) is 4.90 Å². The zero-order chi connectivity index (χ0) is 32.1. The number of amides is 3. The van der Waals surface area contributed by atoms with Gasteiger partial charge in [-0.3, -0.25) is 9.69 Å². The number of fused-ring (bicyclic) bond motifs is 1. The number of rotatable bonds is 4. The minimum absolute atomic E-state index is 0.0619. The van der Waals surface area contributed by atoms with Gasteiger partial charge in [0.25, 0.3) is 0 Å². The summed E-state index contributed by atoms with van der Waals surface area (Å²) in [5.41, 5.74) is -1.84. The Bertz CT molecular complexity index is 1380. The SMILES string of the molecule is Cc1cc(F)ccc1[C@H]1C[C@@H](N2CCN3C(=O)CC[C@@H]3C2)CCN1C(=O)N(C)[C@@H](C)c1cc(C(F)(F)F)cc(C(F)(F)F)c1. The standard InChI is InChI=1S/C31H35F7N4O2/c1-18-12-23(32)4-6-26(18)27-16-24(40-10-11-41-25(17-40)5-7-28(41)43)8-9-42(27)29(44)39(3)19(2)20-13-21(30(33,34)35)15-22(14-20)31(36,37)38/h4,6,12-15,19,24-25,27H,5,7-11,16-17H2,1-3H3/t19-,24-,25+,27+/m0/s1. The van der Waals surface area contributed by atoms with Gasteiger partial charge in [0.05, 0.1) is 23.2 Å². The van der Waals surface area contributed by atoms with E-state index < -0.39 is 47.4 Å². The van der Waals surface area contributed by atoms with Crippen molar-refractivity contribution in [3.8, 4) is 0 Å². The monoisotopic (exact) mass is 628 g/mol. The molecule has 0 radical (unpaired) electrons. The molecule has 44 heavy (non-hydrogen) atoms. The number of benzene rings is 2. The maximum absolute atomic E-state index is 14.1. The van der Waals surface area contributed by atoms with Crippen molar-refractivity contribution < 1.29 is 40.3 Å². The highest BCUT2D eigenvalue weighted by atomic mass is 19.4. The number of hydrogen-bond acceptors (Lipinski definition) is 3.